The van der Waals surface area contributed by atoms with Crippen LogP contribution in [0.5, 0.6) is 0 Å². The van der Waals surface area contributed by atoms with E-state index in [1.807, 2.05) is 13.0 Å². The zero-order valence-corrected chi connectivity index (χ0v) is 23.1. The van der Waals surface area contributed by atoms with Crippen molar-refractivity contribution in [1.82, 2.24) is 13.5 Å². The van der Waals surface area contributed by atoms with Gasteiger partial charge in [-0.05, 0) is 55.0 Å². The molecule has 0 fully saturated rings. The summed E-state index contributed by atoms with van der Waals surface area (Å²) in [6, 6.07) is 16.8. The highest BCUT2D eigenvalue weighted by Crippen LogP contribution is 2.36. The summed E-state index contributed by atoms with van der Waals surface area (Å²) in [5.41, 5.74) is 3.48. The molecule has 0 saturated heterocycles. The molecule has 3 aromatic heterocycles. The van der Waals surface area contributed by atoms with E-state index in [1.54, 1.807) is 68.1 Å². The molecule has 0 atom stereocenters. The lowest BCUT2D eigenvalue weighted by Gasteiger charge is -2.16. The molecule has 0 aliphatic rings. The van der Waals surface area contributed by atoms with Crippen LogP contribution in [0.4, 0.5) is 11.4 Å². The maximum Gasteiger partial charge on any atom is 0.275 e. The number of hydrogen-bond acceptors (Lipinski definition) is 7. The van der Waals surface area contributed by atoms with E-state index in [0.717, 1.165) is 15.8 Å². The standard InChI is InChI=1S/C28H26N4O5S2/c1-19-6-9-22(10-7-19)39(36,37)32-14-12-23-25(17-31(2)28(33)27(23)32)24-15-20(18-38(3,34)35)8-11-26(24)30-21-5-4-13-29-16-21/h4-17,30H,18H2,1-3H3. The Hall–Kier alpha value is -4.22. The van der Waals surface area contributed by atoms with Gasteiger partial charge in [0.25, 0.3) is 15.6 Å². The third kappa shape index (κ3) is 5.23. The summed E-state index contributed by atoms with van der Waals surface area (Å²) in [5, 5.41) is 3.72. The molecule has 3 heterocycles. The van der Waals surface area contributed by atoms with Gasteiger partial charge < -0.3 is 9.88 Å². The fourth-order valence-electron chi connectivity index (χ4n) is 4.48. The minimum absolute atomic E-state index is 0.00332. The van der Waals surface area contributed by atoms with Gasteiger partial charge in [-0.2, -0.15) is 0 Å². The van der Waals surface area contributed by atoms with E-state index in [1.165, 1.54) is 22.9 Å². The van der Waals surface area contributed by atoms with Gasteiger partial charge in [-0.1, -0.05) is 23.8 Å². The van der Waals surface area contributed by atoms with E-state index >= 15 is 0 Å². The minimum Gasteiger partial charge on any atom is -0.354 e. The van der Waals surface area contributed by atoms with Crippen LogP contribution < -0.4 is 10.9 Å². The van der Waals surface area contributed by atoms with Crippen molar-refractivity contribution in [1.29, 1.82) is 0 Å². The number of anilines is 2. The molecule has 0 spiro atoms. The number of aromatic nitrogens is 3. The summed E-state index contributed by atoms with van der Waals surface area (Å²) in [4.78, 5) is 17.5. The average molecular weight is 563 g/mol. The Kier molecular flexibility index (Phi) is 6.65. The second-order valence-electron chi connectivity index (χ2n) is 9.47. The molecule has 0 radical (unpaired) electrons. The van der Waals surface area contributed by atoms with Crippen molar-refractivity contribution in [2.75, 3.05) is 11.6 Å². The Bertz CT molecular complexity index is 1980. The third-order valence-electron chi connectivity index (χ3n) is 6.31. The molecule has 0 aliphatic carbocycles. The lowest BCUT2D eigenvalue weighted by Crippen LogP contribution is -2.22. The van der Waals surface area contributed by atoms with Gasteiger partial charge in [0.2, 0.25) is 0 Å². The summed E-state index contributed by atoms with van der Waals surface area (Å²) in [6.45, 7) is 1.86. The maximum atomic E-state index is 13.6. The Balaban J connectivity index is 1.76. The molecule has 39 heavy (non-hydrogen) atoms. The lowest BCUT2D eigenvalue weighted by atomic mass is 9.99. The number of aryl methyl sites for hydroxylation is 2. The van der Waals surface area contributed by atoms with Crippen LogP contribution in [0.3, 0.4) is 0 Å². The molecule has 5 aromatic rings. The van der Waals surface area contributed by atoms with Crippen molar-refractivity contribution in [3.63, 3.8) is 0 Å². The first-order valence-corrected chi connectivity index (χ1v) is 15.4. The highest BCUT2D eigenvalue weighted by atomic mass is 32.2. The van der Waals surface area contributed by atoms with Crippen LogP contribution in [0, 0.1) is 6.92 Å². The van der Waals surface area contributed by atoms with Gasteiger partial charge in [-0.25, -0.2) is 20.8 Å². The largest absolute Gasteiger partial charge is 0.354 e. The van der Waals surface area contributed by atoms with E-state index in [-0.39, 0.29) is 16.2 Å². The summed E-state index contributed by atoms with van der Waals surface area (Å²) in [5.74, 6) is -0.176. The van der Waals surface area contributed by atoms with Crippen LogP contribution in [0.25, 0.3) is 22.0 Å². The molecular weight excluding hydrogens is 536 g/mol. The van der Waals surface area contributed by atoms with Crippen molar-refractivity contribution in [3.05, 3.63) is 107 Å². The molecule has 9 nitrogen and oxygen atoms in total. The zero-order valence-electron chi connectivity index (χ0n) is 21.5. The first-order valence-electron chi connectivity index (χ1n) is 11.9. The summed E-state index contributed by atoms with van der Waals surface area (Å²) in [7, 11) is -5.84. The van der Waals surface area contributed by atoms with Gasteiger partial charge in [0.1, 0.15) is 5.52 Å². The van der Waals surface area contributed by atoms with Gasteiger partial charge >= 0.3 is 0 Å². The Labute approximate surface area is 226 Å². The van der Waals surface area contributed by atoms with Crippen LogP contribution in [-0.4, -0.2) is 36.6 Å². The van der Waals surface area contributed by atoms with Crippen LogP contribution in [0.15, 0.2) is 95.1 Å². The smallest absolute Gasteiger partial charge is 0.275 e. The number of hydrogen-bond donors (Lipinski definition) is 1. The molecule has 1 N–H and O–H groups in total. The second kappa shape index (κ2) is 9.83. The monoisotopic (exact) mass is 562 g/mol. The van der Waals surface area contributed by atoms with Gasteiger partial charge in [-0.3, -0.25) is 9.78 Å². The van der Waals surface area contributed by atoms with Crippen molar-refractivity contribution >= 4 is 42.1 Å². The number of pyridine rings is 2. The maximum absolute atomic E-state index is 13.6. The number of nitrogens with zero attached hydrogens (tertiary/aromatic N) is 3. The normalized spacial score (nSPS) is 12.1. The Morgan fingerprint density at radius 2 is 1.69 bits per heavy atom. The van der Waals surface area contributed by atoms with E-state index in [4.69, 9.17) is 0 Å². The molecule has 0 bridgehead atoms. The molecule has 0 amide bonds. The van der Waals surface area contributed by atoms with Gasteiger partial charge in [0, 0.05) is 54.1 Å². The molecular formula is C28H26N4O5S2. The fourth-order valence-corrected chi connectivity index (χ4v) is 6.61. The highest BCUT2D eigenvalue weighted by Gasteiger charge is 2.24. The van der Waals surface area contributed by atoms with Gasteiger partial charge in [0.05, 0.1) is 22.5 Å². The lowest BCUT2D eigenvalue weighted by molar-refractivity contribution is 0.588. The third-order valence-corrected chi connectivity index (χ3v) is 8.86. The Morgan fingerprint density at radius 3 is 2.36 bits per heavy atom. The first kappa shape index (κ1) is 26.4. The molecule has 0 saturated carbocycles. The fraction of sp³-hybridized carbons (Fsp3) is 0.143. The predicted octanol–water partition coefficient (Wildman–Crippen LogP) is 4.24. The Morgan fingerprint density at radius 1 is 0.949 bits per heavy atom. The second-order valence-corrected chi connectivity index (χ2v) is 13.4. The predicted molar refractivity (Wildman–Crippen MR) is 152 cm³/mol. The molecule has 200 valence electrons. The van der Waals surface area contributed by atoms with Crippen molar-refractivity contribution < 1.29 is 16.8 Å². The number of benzene rings is 2. The van der Waals surface area contributed by atoms with Crippen LogP contribution >= 0.6 is 0 Å². The zero-order chi connectivity index (χ0) is 27.9. The minimum atomic E-state index is -4.07. The summed E-state index contributed by atoms with van der Waals surface area (Å²) in [6.07, 6.45) is 7.46. The average Bonchev–Trinajstić information content (AvgIpc) is 3.34. The van der Waals surface area contributed by atoms with Crippen molar-refractivity contribution in [3.8, 4) is 11.1 Å². The van der Waals surface area contributed by atoms with Crippen LogP contribution in [-0.2, 0) is 32.7 Å². The molecule has 5 rings (SSSR count). The number of rotatable bonds is 7. The van der Waals surface area contributed by atoms with Crippen molar-refractivity contribution in [2.24, 2.45) is 7.05 Å². The van der Waals surface area contributed by atoms with Crippen LogP contribution in [0.1, 0.15) is 11.1 Å². The van der Waals surface area contributed by atoms with E-state index < -0.39 is 25.4 Å². The molecule has 2 aromatic carbocycles. The van der Waals surface area contributed by atoms with E-state index in [2.05, 4.69) is 10.3 Å². The van der Waals surface area contributed by atoms with Gasteiger partial charge in [-0.15, -0.1) is 0 Å². The number of sulfone groups is 1. The molecule has 0 aliphatic heterocycles. The van der Waals surface area contributed by atoms with E-state index in [0.29, 0.717) is 33.5 Å². The molecule has 0 unspecified atom stereocenters. The van der Waals surface area contributed by atoms with Crippen LogP contribution in [0.2, 0.25) is 0 Å². The summed E-state index contributed by atoms with van der Waals surface area (Å²) < 4.78 is 53.6. The topological polar surface area (TPSA) is 120 Å². The van der Waals surface area contributed by atoms with Gasteiger partial charge in [0.15, 0.2) is 9.84 Å². The first-order chi connectivity index (χ1) is 18.4. The highest BCUT2D eigenvalue weighted by molar-refractivity contribution is 7.90. The summed E-state index contributed by atoms with van der Waals surface area (Å²) >= 11 is 0. The SMILES string of the molecule is Cc1ccc(S(=O)(=O)n2ccc3c(-c4cc(CS(C)(=O)=O)ccc4Nc4cccnc4)cn(C)c(=O)c32)cc1. The number of fused-ring (bicyclic) bond motifs is 1. The quantitative estimate of drug-likeness (QED) is 0.315. The number of nitrogens with one attached hydrogen (secondary N) is 1. The molecule has 11 heteroatoms. The van der Waals surface area contributed by atoms with Crippen molar-refractivity contribution in [2.45, 2.75) is 17.6 Å². The van der Waals surface area contributed by atoms with E-state index in [9.17, 15) is 21.6 Å².